The van der Waals surface area contributed by atoms with E-state index in [9.17, 15) is 4.79 Å². The van der Waals surface area contributed by atoms with Crippen LogP contribution in [-0.4, -0.2) is 61.0 Å². The van der Waals surface area contributed by atoms with Crippen LogP contribution in [0.2, 0.25) is 0 Å². The maximum absolute atomic E-state index is 12.7. The minimum absolute atomic E-state index is 0.168. The van der Waals surface area contributed by atoms with Crippen molar-refractivity contribution in [2.45, 2.75) is 13.0 Å². The Morgan fingerprint density at radius 3 is 2.59 bits per heavy atom. The van der Waals surface area contributed by atoms with Gasteiger partial charge in [-0.15, -0.1) is 0 Å². The summed E-state index contributed by atoms with van der Waals surface area (Å²) in [6, 6.07) is 13.9. The second-order valence-corrected chi connectivity index (χ2v) is 7.08. The van der Waals surface area contributed by atoms with Crippen molar-refractivity contribution in [1.82, 2.24) is 14.7 Å². The predicted molar refractivity (Wildman–Crippen MR) is 113 cm³/mol. The number of fused-ring (bicyclic) bond motifs is 1. The van der Waals surface area contributed by atoms with Crippen LogP contribution in [-0.2, 0) is 11.3 Å². The van der Waals surface area contributed by atoms with Crippen molar-refractivity contribution in [2.75, 3.05) is 45.3 Å². The Hall–Kier alpha value is -3.22. The first-order chi connectivity index (χ1) is 14.2. The fourth-order valence-electron chi connectivity index (χ4n) is 3.82. The zero-order valence-electron chi connectivity index (χ0n) is 16.9. The standard InChI is InChI=1S/C22H26N4O3/c1-28-18-7-8-19-17(15-18)16-23-26(19)10-9-22(27)25-13-11-24(12-14-25)20-5-3-4-6-21(20)29-2/h3-8,15-16H,9-14H2,1-2H3. The summed E-state index contributed by atoms with van der Waals surface area (Å²) >= 11 is 0. The van der Waals surface area contributed by atoms with Crippen LogP contribution in [0.5, 0.6) is 11.5 Å². The molecule has 7 nitrogen and oxygen atoms in total. The van der Waals surface area contributed by atoms with E-state index in [1.807, 2.05) is 52.2 Å². The van der Waals surface area contributed by atoms with E-state index in [0.717, 1.165) is 41.2 Å². The summed E-state index contributed by atoms with van der Waals surface area (Å²) in [6.07, 6.45) is 2.26. The van der Waals surface area contributed by atoms with Gasteiger partial charge in [0.05, 0.1) is 38.2 Å². The number of para-hydroxylation sites is 2. The minimum Gasteiger partial charge on any atom is -0.497 e. The Morgan fingerprint density at radius 1 is 1.03 bits per heavy atom. The molecule has 0 unspecified atom stereocenters. The van der Waals surface area contributed by atoms with E-state index in [0.29, 0.717) is 26.1 Å². The highest BCUT2D eigenvalue weighted by Crippen LogP contribution is 2.28. The van der Waals surface area contributed by atoms with Crippen LogP contribution in [0, 0.1) is 0 Å². The molecule has 0 radical (unpaired) electrons. The van der Waals surface area contributed by atoms with Gasteiger partial charge in [-0.2, -0.15) is 5.10 Å². The van der Waals surface area contributed by atoms with E-state index in [1.165, 1.54) is 0 Å². The quantitative estimate of drug-likeness (QED) is 0.643. The molecule has 152 valence electrons. The predicted octanol–water partition coefficient (Wildman–Crippen LogP) is 2.79. The van der Waals surface area contributed by atoms with Crippen molar-refractivity contribution in [3.63, 3.8) is 0 Å². The Labute approximate surface area is 170 Å². The fraction of sp³-hybridized carbons (Fsp3) is 0.364. The summed E-state index contributed by atoms with van der Waals surface area (Å²) in [6.45, 7) is 3.61. The minimum atomic E-state index is 0.168. The third-order valence-electron chi connectivity index (χ3n) is 5.44. The Kier molecular flexibility index (Phi) is 5.55. The summed E-state index contributed by atoms with van der Waals surface area (Å²) in [5, 5.41) is 5.44. The first-order valence-corrected chi connectivity index (χ1v) is 9.85. The molecule has 29 heavy (non-hydrogen) atoms. The first kappa shape index (κ1) is 19.1. The molecule has 0 aliphatic carbocycles. The number of anilines is 1. The van der Waals surface area contributed by atoms with Crippen LogP contribution in [0.15, 0.2) is 48.7 Å². The molecule has 4 rings (SSSR count). The Balaban J connectivity index is 1.33. The molecule has 1 amide bonds. The Morgan fingerprint density at radius 2 is 1.83 bits per heavy atom. The lowest BCUT2D eigenvalue weighted by atomic mass is 10.2. The molecule has 1 saturated heterocycles. The topological polar surface area (TPSA) is 59.8 Å². The summed E-state index contributed by atoms with van der Waals surface area (Å²) in [7, 11) is 3.34. The molecular weight excluding hydrogens is 368 g/mol. The summed E-state index contributed by atoms with van der Waals surface area (Å²) in [5.74, 6) is 1.84. The van der Waals surface area contributed by atoms with Gasteiger partial charge in [0.15, 0.2) is 0 Å². The molecule has 0 saturated carbocycles. The molecular formula is C22H26N4O3. The monoisotopic (exact) mass is 394 g/mol. The molecule has 1 aliphatic rings. The van der Waals surface area contributed by atoms with Gasteiger partial charge in [-0.25, -0.2) is 0 Å². The molecule has 7 heteroatoms. The zero-order chi connectivity index (χ0) is 20.2. The molecule has 0 N–H and O–H groups in total. The van der Waals surface area contributed by atoms with Crippen LogP contribution >= 0.6 is 0 Å². The third-order valence-corrected chi connectivity index (χ3v) is 5.44. The molecule has 0 bridgehead atoms. The Bertz CT molecular complexity index is 993. The van der Waals surface area contributed by atoms with Gasteiger partial charge in [-0.1, -0.05) is 12.1 Å². The van der Waals surface area contributed by atoms with E-state index in [-0.39, 0.29) is 5.91 Å². The van der Waals surface area contributed by atoms with E-state index in [4.69, 9.17) is 9.47 Å². The van der Waals surface area contributed by atoms with Gasteiger partial charge in [0.2, 0.25) is 5.91 Å². The summed E-state index contributed by atoms with van der Waals surface area (Å²) in [5.41, 5.74) is 2.10. The van der Waals surface area contributed by atoms with Crippen LogP contribution < -0.4 is 14.4 Å². The number of hydrogen-bond donors (Lipinski definition) is 0. The number of nitrogens with zero attached hydrogens (tertiary/aromatic N) is 4. The number of amides is 1. The van der Waals surface area contributed by atoms with Gasteiger partial charge in [0.25, 0.3) is 0 Å². The number of benzene rings is 2. The van der Waals surface area contributed by atoms with E-state index >= 15 is 0 Å². The molecule has 2 heterocycles. The maximum Gasteiger partial charge on any atom is 0.224 e. The van der Waals surface area contributed by atoms with E-state index in [1.54, 1.807) is 14.2 Å². The van der Waals surface area contributed by atoms with Gasteiger partial charge in [-0.3, -0.25) is 9.48 Å². The summed E-state index contributed by atoms with van der Waals surface area (Å²) in [4.78, 5) is 16.9. The SMILES string of the molecule is COc1ccc2c(cnn2CCC(=O)N2CCN(c3ccccc3OC)CC2)c1. The number of carbonyl (C=O) groups excluding carboxylic acids is 1. The molecule has 1 aromatic heterocycles. The molecule has 3 aromatic rings. The van der Waals surface area contributed by atoms with Crippen molar-refractivity contribution in [2.24, 2.45) is 0 Å². The number of aryl methyl sites for hydroxylation is 1. The number of aromatic nitrogens is 2. The van der Waals surface area contributed by atoms with Gasteiger partial charge in [0.1, 0.15) is 11.5 Å². The number of methoxy groups -OCH3 is 2. The van der Waals surface area contributed by atoms with Crippen molar-refractivity contribution in [3.8, 4) is 11.5 Å². The van der Waals surface area contributed by atoms with Crippen molar-refractivity contribution in [1.29, 1.82) is 0 Å². The van der Waals surface area contributed by atoms with Crippen molar-refractivity contribution >= 4 is 22.5 Å². The van der Waals surface area contributed by atoms with Gasteiger partial charge >= 0.3 is 0 Å². The number of piperazine rings is 1. The molecule has 0 spiro atoms. The zero-order valence-corrected chi connectivity index (χ0v) is 16.9. The van der Waals surface area contributed by atoms with Crippen LogP contribution in [0.25, 0.3) is 10.9 Å². The second kappa shape index (κ2) is 8.43. The van der Waals surface area contributed by atoms with Crippen LogP contribution in [0.4, 0.5) is 5.69 Å². The third kappa shape index (κ3) is 3.99. The average Bonchev–Trinajstić information content (AvgIpc) is 3.19. The average molecular weight is 394 g/mol. The number of ether oxygens (including phenoxy) is 2. The summed E-state index contributed by atoms with van der Waals surface area (Å²) < 4.78 is 12.6. The molecule has 0 atom stereocenters. The van der Waals surface area contributed by atoms with E-state index < -0.39 is 0 Å². The van der Waals surface area contributed by atoms with Gasteiger partial charge in [-0.05, 0) is 30.3 Å². The number of rotatable bonds is 6. The first-order valence-electron chi connectivity index (χ1n) is 9.85. The molecule has 1 aliphatic heterocycles. The van der Waals surface area contributed by atoms with E-state index in [2.05, 4.69) is 16.1 Å². The van der Waals surface area contributed by atoms with Crippen molar-refractivity contribution < 1.29 is 14.3 Å². The van der Waals surface area contributed by atoms with Crippen LogP contribution in [0.1, 0.15) is 6.42 Å². The number of hydrogen-bond acceptors (Lipinski definition) is 5. The van der Waals surface area contributed by atoms with Gasteiger partial charge < -0.3 is 19.3 Å². The smallest absolute Gasteiger partial charge is 0.224 e. The highest BCUT2D eigenvalue weighted by molar-refractivity contribution is 5.81. The lowest BCUT2D eigenvalue weighted by Gasteiger charge is -2.36. The molecule has 2 aromatic carbocycles. The lowest BCUT2D eigenvalue weighted by Crippen LogP contribution is -2.49. The van der Waals surface area contributed by atoms with Crippen molar-refractivity contribution in [3.05, 3.63) is 48.7 Å². The fourth-order valence-corrected chi connectivity index (χ4v) is 3.82. The largest absolute Gasteiger partial charge is 0.497 e. The second-order valence-electron chi connectivity index (χ2n) is 7.08. The molecule has 1 fully saturated rings. The number of carbonyl (C=O) groups is 1. The van der Waals surface area contributed by atoms with Gasteiger partial charge in [0, 0.05) is 38.0 Å². The highest BCUT2D eigenvalue weighted by Gasteiger charge is 2.22. The lowest BCUT2D eigenvalue weighted by molar-refractivity contribution is -0.131. The highest BCUT2D eigenvalue weighted by atomic mass is 16.5. The maximum atomic E-state index is 12.7. The normalized spacial score (nSPS) is 14.3. The van der Waals surface area contributed by atoms with Crippen LogP contribution in [0.3, 0.4) is 0 Å².